The normalized spacial score (nSPS) is 10.2. The molecule has 0 saturated carbocycles. The van der Waals surface area contributed by atoms with Gasteiger partial charge >= 0.3 is 0 Å². The maximum atomic E-state index is 11.7. The second-order valence-electron chi connectivity index (χ2n) is 4.44. The number of carbonyl (C=O) groups is 1. The van der Waals surface area contributed by atoms with Crippen molar-refractivity contribution < 1.29 is 13.9 Å². The Morgan fingerprint density at radius 2 is 2.24 bits per heavy atom. The number of rotatable bonds is 6. The molecule has 0 aliphatic heterocycles. The van der Waals surface area contributed by atoms with Crippen LogP contribution in [0.2, 0.25) is 5.02 Å². The van der Waals surface area contributed by atoms with E-state index >= 15 is 0 Å². The first-order chi connectivity index (χ1) is 10.1. The number of halogens is 1. The SMILES string of the molecule is C=CCNC(=O)c1ccc(COc2c(C)cccc2Cl)o1. The molecule has 2 rings (SSSR count). The van der Waals surface area contributed by atoms with Gasteiger partial charge in [-0.3, -0.25) is 4.79 Å². The van der Waals surface area contributed by atoms with Crippen molar-refractivity contribution in [1.29, 1.82) is 0 Å². The van der Waals surface area contributed by atoms with Crippen LogP contribution in [0.25, 0.3) is 0 Å². The van der Waals surface area contributed by atoms with Gasteiger partial charge in [0, 0.05) is 6.54 Å². The molecule has 0 bridgehead atoms. The number of para-hydroxylation sites is 1. The van der Waals surface area contributed by atoms with Gasteiger partial charge in [0.2, 0.25) is 0 Å². The Kier molecular flexibility index (Phi) is 5.06. The average molecular weight is 306 g/mol. The van der Waals surface area contributed by atoms with Crippen LogP contribution in [0, 0.1) is 6.92 Å². The largest absolute Gasteiger partial charge is 0.484 e. The molecule has 2 aromatic rings. The highest BCUT2D eigenvalue weighted by molar-refractivity contribution is 6.32. The quantitative estimate of drug-likeness (QED) is 0.827. The molecule has 0 atom stereocenters. The molecule has 0 aliphatic carbocycles. The number of hydrogen-bond donors (Lipinski definition) is 1. The van der Waals surface area contributed by atoms with Crippen molar-refractivity contribution in [2.75, 3.05) is 6.54 Å². The molecule has 4 nitrogen and oxygen atoms in total. The van der Waals surface area contributed by atoms with Crippen LogP contribution < -0.4 is 10.1 Å². The van der Waals surface area contributed by atoms with Crippen LogP contribution in [0.15, 0.2) is 47.4 Å². The molecule has 1 aromatic heterocycles. The first kappa shape index (κ1) is 15.2. The Hall–Kier alpha value is -2.20. The third-order valence-corrected chi connectivity index (χ3v) is 3.11. The number of furan rings is 1. The van der Waals surface area contributed by atoms with Crippen LogP contribution in [0.4, 0.5) is 0 Å². The minimum Gasteiger partial charge on any atom is -0.484 e. The summed E-state index contributed by atoms with van der Waals surface area (Å²) >= 11 is 6.08. The second-order valence-corrected chi connectivity index (χ2v) is 4.85. The van der Waals surface area contributed by atoms with Gasteiger partial charge in [0.15, 0.2) is 5.76 Å². The maximum absolute atomic E-state index is 11.7. The lowest BCUT2D eigenvalue weighted by atomic mass is 10.2. The van der Waals surface area contributed by atoms with Crippen molar-refractivity contribution in [1.82, 2.24) is 5.32 Å². The van der Waals surface area contributed by atoms with Gasteiger partial charge in [-0.1, -0.05) is 29.8 Å². The van der Waals surface area contributed by atoms with Gasteiger partial charge in [-0.15, -0.1) is 6.58 Å². The summed E-state index contributed by atoms with van der Waals surface area (Å²) in [5, 5.41) is 3.19. The highest BCUT2D eigenvalue weighted by atomic mass is 35.5. The fraction of sp³-hybridized carbons (Fsp3) is 0.188. The van der Waals surface area contributed by atoms with Crippen molar-refractivity contribution in [3.63, 3.8) is 0 Å². The molecule has 110 valence electrons. The van der Waals surface area contributed by atoms with Crippen LogP contribution in [-0.2, 0) is 6.61 Å². The predicted molar refractivity (Wildman–Crippen MR) is 81.8 cm³/mol. The first-order valence-electron chi connectivity index (χ1n) is 6.47. The van der Waals surface area contributed by atoms with E-state index in [9.17, 15) is 4.79 Å². The van der Waals surface area contributed by atoms with E-state index in [0.29, 0.717) is 23.1 Å². The highest BCUT2D eigenvalue weighted by Gasteiger charge is 2.11. The monoisotopic (exact) mass is 305 g/mol. The summed E-state index contributed by atoms with van der Waals surface area (Å²) in [5.41, 5.74) is 0.943. The van der Waals surface area contributed by atoms with E-state index < -0.39 is 0 Å². The third kappa shape index (κ3) is 3.89. The highest BCUT2D eigenvalue weighted by Crippen LogP contribution is 2.28. The Morgan fingerprint density at radius 3 is 2.95 bits per heavy atom. The molecular formula is C16H16ClNO3. The van der Waals surface area contributed by atoms with Gasteiger partial charge in [-0.05, 0) is 30.7 Å². The molecule has 0 saturated heterocycles. The smallest absolute Gasteiger partial charge is 0.287 e. The molecule has 1 amide bonds. The van der Waals surface area contributed by atoms with Crippen molar-refractivity contribution in [2.24, 2.45) is 0 Å². The van der Waals surface area contributed by atoms with Gasteiger partial charge in [0.25, 0.3) is 5.91 Å². The first-order valence-corrected chi connectivity index (χ1v) is 6.85. The molecule has 0 aliphatic rings. The second kappa shape index (κ2) is 6.99. The molecule has 0 radical (unpaired) electrons. The Bertz CT molecular complexity index is 628. The van der Waals surface area contributed by atoms with Crippen molar-refractivity contribution in [3.05, 3.63) is 65.1 Å². The summed E-state index contributed by atoms with van der Waals surface area (Å²) in [4.78, 5) is 11.7. The van der Waals surface area contributed by atoms with Gasteiger partial charge < -0.3 is 14.5 Å². The van der Waals surface area contributed by atoms with Crippen molar-refractivity contribution in [3.8, 4) is 5.75 Å². The zero-order valence-corrected chi connectivity index (χ0v) is 12.4. The minimum atomic E-state index is -0.282. The van der Waals surface area contributed by atoms with E-state index in [1.807, 2.05) is 19.1 Å². The lowest BCUT2D eigenvalue weighted by Crippen LogP contribution is -2.22. The van der Waals surface area contributed by atoms with Gasteiger partial charge in [0.1, 0.15) is 18.1 Å². The number of ether oxygens (including phenoxy) is 1. The molecule has 0 fully saturated rings. The molecule has 1 N–H and O–H groups in total. The standard InChI is InChI=1S/C16H16ClNO3/c1-3-9-18-16(19)14-8-7-12(21-14)10-20-15-11(2)5-4-6-13(15)17/h3-8H,1,9-10H2,2H3,(H,18,19). The van der Waals surface area contributed by atoms with Gasteiger partial charge in [-0.2, -0.15) is 0 Å². The predicted octanol–water partition coefficient (Wildman–Crippen LogP) is 3.74. The lowest BCUT2D eigenvalue weighted by molar-refractivity contribution is 0.0926. The van der Waals surface area contributed by atoms with Crippen LogP contribution in [0.3, 0.4) is 0 Å². The van der Waals surface area contributed by atoms with Crippen molar-refractivity contribution in [2.45, 2.75) is 13.5 Å². The summed E-state index contributed by atoms with van der Waals surface area (Å²) in [5.74, 6) is 1.13. The van der Waals surface area contributed by atoms with E-state index in [1.165, 1.54) is 0 Å². The van der Waals surface area contributed by atoms with E-state index in [2.05, 4.69) is 11.9 Å². The van der Waals surface area contributed by atoms with Gasteiger partial charge in [0.05, 0.1) is 5.02 Å². The molecule has 1 aromatic carbocycles. The lowest BCUT2D eigenvalue weighted by Gasteiger charge is -2.09. The Morgan fingerprint density at radius 1 is 1.43 bits per heavy atom. The number of carbonyl (C=O) groups excluding carboxylic acids is 1. The fourth-order valence-corrected chi connectivity index (χ4v) is 2.05. The number of hydrogen-bond acceptors (Lipinski definition) is 3. The number of amides is 1. The van der Waals surface area contributed by atoms with Crippen LogP contribution in [0.5, 0.6) is 5.75 Å². The summed E-state index contributed by atoms with van der Waals surface area (Å²) in [6, 6.07) is 8.85. The fourth-order valence-electron chi connectivity index (χ4n) is 1.77. The van der Waals surface area contributed by atoms with E-state index in [-0.39, 0.29) is 18.3 Å². The van der Waals surface area contributed by atoms with E-state index in [1.54, 1.807) is 24.3 Å². The van der Waals surface area contributed by atoms with Crippen molar-refractivity contribution >= 4 is 17.5 Å². The summed E-state index contributed by atoms with van der Waals surface area (Å²) < 4.78 is 11.1. The topological polar surface area (TPSA) is 51.5 Å². The summed E-state index contributed by atoms with van der Waals surface area (Å²) in [6.45, 7) is 6.05. The average Bonchev–Trinajstić information content (AvgIpc) is 2.93. The molecule has 0 unspecified atom stereocenters. The number of aryl methyl sites for hydroxylation is 1. The molecule has 1 heterocycles. The number of benzene rings is 1. The minimum absolute atomic E-state index is 0.208. The van der Waals surface area contributed by atoms with Crippen LogP contribution in [0.1, 0.15) is 21.9 Å². The molecule has 0 spiro atoms. The Balaban J connectivity index is 2.00. The summed E-state index contributed by atoms with van der Waals surface area (Å²) in [7, 11) is 0. The third-order valence-electron chi connectivity index (χ3n) is 2.82. The van der Waals surface area contributed by atoms with E-state index in [0.717, 1.165) is 5.56 Å². The molecule has 5 heteroatoms. The molecule has 21 heavy (non-hydrogen) atoms. The molecular weight excluding hydrogens is 290 g/mol. The zero-order valence-electron chi connectivity index (χ0n) is 11.7. The zero-order chi connectivity index (χ0) is 15.2. The van der Waals surface area contributed by atoms with Crippen LogP contribution in [-0.4, -0.2) is 12.5 Å². The summed E-state index contributed by atoms with van der Waals surface area (Å²) in [6.07, 6.45) is 1.60. The Labute approximate surface area is 128 Å². The van der Waals surface area contributed by atoms with Crippen LogP contribution >= 0.6 is 11.6 Å². The van der Waals surface area contributed by atoms with Gasteiger partial charge in [-0.25, -0.2) is 0 Å². The number of nitrogens with one attached hydrogen (secondary N) is 1. The maximum Gasteiger partial charge on any atom is 0.287 e. The van der Waals surface area contributed by atoms with E-state index in [4.69, 9.17) is 20.8 Å².